The maximum absolute atomic E-state index is 15.1. The van der Waals surface area contributed by atoms with Gasteiger partial charge in [0.1, 0.15) is 22.9 Å². The molecule has 1 amide bonds. The zero-order valence-corrected chi connectivity index (χ0v) is 21.5. The fourth-order valence-electron chi connectivity index (χ4n) is 4.56. The summed E-state index contributed by atoms with van der Waals surface area (Å²) < 4.78 is 82.9. The van der Waals surface area contributed by atoms with Gasteiger partial charge >= 0.3 is 12.1 Å². The number of alkyl halides is 3. The van der Waals surface area contributed by atoms with Crippen molar-refractivity contribution in [2.45, 2.75) is 24.6 Å². The van der Waals surface area contributed by atoms with Gasteiger partial charge in [-0.2, -0.15) is 13.2 Å². The largest absolute Gasteiger partial charge is 0.481 e. The number of amides is 1. The number of anilines is 1. The number of carbonyl (C=O) groups is 2. The lowest BCUT2D eigenvalue weighted by molar-refractivity contribution is -0.275. The van der Waals surface area contributed by atoms with Gasteiger partial charge in [0.15, 0.2) is 12.2 Å². The van der Waals surface area contributed by atoms with Crippen LogP contribution in [0.3, 0.4) is 0 Å². The third-order valence-electron chi connectivity index (χ3n) is 6.79. The van der Waals surface area contributed by atoms with Crippen LogP contribution in [0.5, 0.6) is 5.75 Å². The van der Waals surface area contributed by atoms with Gasteiger partial charge in [-0.3, -0.25) is 4.79 Å². The van der Waals surface area contributed by atoms with E-state index in [2.05, 4.69) is 4.74 Å². The first-order chi connectivity index (χ1) is 18.2. The first-order valence-electron chi connectivity index (χ1n) is 11.4. The van der Waals surface area contributed by atoms with Gasteiger partial charge in [-0.05, 0) is 34.9 Å². The summed E-state index contributed by atoms with van der Waals surface area (Å²) in [6.45, 7) is 0.591. The maximum atomic E-state index is 15.1. The summed E-state index contributed by atoms with van der Waals surface area (Å²) in [6, 6.07) is 8.84. The molecule has 1 N–H and O–H groups in total. The molecule has 0 radical (unpaired) electrons. The second kappa shape index (κ2) is 10.1. The van der Waals surface area contributed by atoms with E-state index in [9.17, 15) is 32.3 Å². The van der Waals surface area contributed by atoms with Gasteiger partial charge in [-0.25, -0.2) is 13.6 Å². The first-order valence-corrected chi connectivity index (χ1v) is 11.8. The molecule has 0 aliphatic carbocycles. The van der Waals surface area contributed by atoms with E-state index in [0.717, 1.165) is 31.1 Å². The summed E-state index contributed by atoms with van der Waals surface area (Å²) in [4.78, 5) is 25.2. The molecule has 2 unspecified atom stereocenters. The number of aliphatic hydroxyl groups is 1. The average Bonchev–Trinajstić information content (AvgIpc) is 2.88. The van der Waals surface area contributed by atoms with Crippen LogP contribution in [-0.4, -0.2) is 43.9 Å². The highest BCUT2D eigenvalue weighted by molar-refractivity contribution is 6.31. The minimum absolute atomic E-state index is 0.0717. The number of nitrogens with zero attached hydrogens (tertiary/aromatic N) is 1. The Morgan fingerprint density at radius 2 is 1.82 bits per heavy atom. The lowest BCUT2D eigenvalue weighted by Crippen LogP contribution is -2.47. The first kappa shape index (κ1) is 28.3. The van der Waals surface area contributed by atoms with Crippen molar-refractivity contribution >= 4 is 29.2 Å². The number of hydrogen-bond donors (Lipinski definition) is 1. The standard InChI is InChI=1S/C27H21ClF5NO5/c1-13(15-8-7-14(9-18(15)28)16-5-4-6-19(29)24(16)25(36)38-3)26(37,27(31,32)33)17-10-21-22(11-20(17)30)39-12-23(35)34(21)2/h4-11,13,37H,12H2,1-3H3. The molecule has 0 saturated heterocycles. The zero-order valence-electron chi connectivity index (χ0n) is 20.7. The normalized spacial score (nSPS) is 15.7. The van der Waals surface area contributed by atoms with Gasteiger partial charge in [-0.15, -0.1) is 0 Å². The molecular weight excluding hydrogens is 549 g/mol. The van der Waals surface area contributed by atoms with Crippen LogP contribution in [0.25, 0.3) is 11.1 Å². The van der Waals surface area contributed by atoms with Crippen molar-refractivity contribution in [1.29, 1.82) is 0 Å². The van der Waals surface area contributed by atoms with Gasteiger partial charge in [0.05, 0.1) is 12.8 Å². The summed E-state index contributed by atoms with van der Waals surface area (Å²) in [5.41, 5.74) is -5.44. The molecule has 12 heteroatoms. The number of esters is 1. The predicted octanol–water partition coefficient (Wildman–Crippen LogP) is 5.98. The van der Waals surface area contributed by atoms with Crippen LogP contribution in [0.15, 0.2) is 48.5 Å². The van der Waals surface area contributed by atoms with E-state index in [1.54, 1.807) is 0 Å². The number of carbonyl (C=O) groups excluding carboxylic acids is 2. The van der Waals surface area contributed by atoms with Crippen LogP contribution in [0, 0.1) is 11.6 Å². The van der Waals surface area contributed by atoms with Gasteiger partial charge in [0.2, 0.25) is 0 Å². The van der Waals surface area contributed by atoms with Crippen LogP contribution in [0.2, 0.25) is 5.02 Å². The topological polar surface area (TPSA) is 76.1 Å². The van der Waals surface area contributed by atoms with Gasteiger partial charge in [0, 0.05) is 29.6 Å². The molecule has 0 fully saturated rings. The van der Waals surface area contributed by atoms with E-state index in [4.69, 9.17) is 16.3 Å². The molecule has 206 valence electrons. The number of methoxy groups -OCH3 is 1. The summed E-state index contributed by atoms with van der Waals surface area (Å²) in [7, 11) is 2.35. The quantitative estimate of drug-likeness (QED) is 0.302. The number of hydrogen-bond acceptors (Lipinski definition) is 5. The molecule has 4 rings (SSSR count). The Morgan fingerprint density at radius 1 is 1.13 bits per heavy atom. The van der Waals surface area contributed by atoms with Gasteiger partial charge in [0.25, 0.3) is 5.91 Å². The highest BCUT2D eigenvalue weighted by Gasteiger charge is 2.60. The van der Waals surface area contributed by atoms with Gasteiger partial charge in [-0.1, -0.05) is 42.8 Å². The highest BCUT2D eigenvalue weighted by atomic mass is 35.5. The lowest BCUT2D eigenvalue weighted by Gasteiger charge is -2.38. The van der Waals surface area contributed by atoms with E-state index >= 15 is 4.39 Å². The van der Waals surface area contributed by atoms with Crippen LogP contribution in [0.1, 0.15) is 34.3 Å². The second-order valence-corrected chi connectivity index (χ2v) is 9.32. The molecule has 1 aliphatic rings. The predicted molar refractivity (Wildman–Crippen MR) is 132 cm³/mol. The molecular formula is C27H21ClF5NO5. The number of halogens is 6. The number of likely N-dealkylation sites (N-methyl/N-ethyl adjacent to an activating group) is 1. The van der Waals surface area contributed by atoms with Crippen LogP contribution in [0.4, 0.5) is 27.6 Å². The summed E-state index contributed by atoms with van der Waals surface area (Å²) in [6.07, 6.45) is -5.40. The number of rotatable bonds is 5. The molecule has 3 aromatic rings. The van der Waals surface area contributed by atoms with Crippen LogP contribution in [-0.2, 0) is 15.1 Å². The van der Waals surface area contributed by atoms with Gasteiger partial charge < -0.3 is 19.5 Å². The summed E-state index contributed by atoms with van der Waals surface area (Å²) >= 11 is 6.37. The molecule has 3 aromatic carbocycles. The van der Waals surface area contributed by atoms with E-state index in [1.165, 1.54) is 37.4 Å². The zero-order chi connectivity index (χ0) is 28.9. The Balaban J connectivity index is 1.84. The average molecular weight is 570 g/mol. The van der Waals surface area contributed by atoms with Crippen molar-refractivity contribution in [2.24, 2.45) is 0 Å². The van der Waals surface area contributed by atoms with Crippen molar-refractivity contribution in [1.82, 2.24) is 0 Å². The summed E-state index contributed by atoms with van der Waals surface area (Å²) in [5, 5.41) is 10.9. The minimum Gasteiger partial charge on any atom is -0.481 e. The van der Waals surface area contributed by atoms with Crippen LogP contribution < -0.4 is 9.64 Å². The Hall–Kier alpha value is -3.70. The Kier molecular flexibility index (Phi) is 7.35. The van der Waals surface area contributed by atoms with Crippen molar-refractivity contribution in [3.8, 4) is 16.9 Å². The fraction of sp³-hybridized carbons (Fsp3) is 0.259. The van der Waals surface area contributed by atoms with E-state index in [1.807, 2.05) is 0 Å². The monoisotopic (exact) mass is 569 g/mol. The van der Waals surface area contributed by atoms with E-state index in [-0.39, 0.29) is 33.1 Å². The fourth-order valence-corrected chi connectivity index (χ4v) is 4.90. The molecule has 0 aromatic heterocycles. The molecule has 1 heterocycles. The van der Waals surface area contributed by atoms with Crippen molar-refractivity contribution in [3.63, 3.8) is 0 Å². The van der Waals surface area contributed by atoms with Crippen molar-refractivity contribution in [3.05, 3.63) is 81.9 Å². The van der Waals surface area contributed by atoms with Crippen molar-refractivity contribution < 1.29 is 46.1 Å². The summed E-state index contributed by atoms with van der Waals surface area (Å²) in [5.74, 6) is -5.86. The number of ether oxygens (including phenoxy) is 2. The second-order valence-electron chi connectivity index (χ2n) is 8.92. The van der Waals surface area contributed by atoms with E-state index in [0.29, 0.717) is 6.07 Å². The molecule has 0 saturated carbocycles. The Labute approximate surface area is 224 Å². The molecule has 1 aliphatic heterocycles. The van der Waals surface area contributed by atoms with Crippen LogP contribution >= 0.6 is 11.6 Å². The molecule has 0 bridgehead atoms. The lowest BCUT2D eigenvalue weighted by atomic mass is 9.77. The molecule has 6 nitrogen and oxygen atoms in total. The van der Waals surface area contributed by atoms with E-state index < -0.39 is 58.9 Å². The number of benzene rings is 3. The smallest absolute Gasteiger partial charge is 0.422 e. The molecule has 2 atom stereocenters. The molecule has 39 heavy (non-hydrogen) atoms. The molecule has 0 spiro atoms. The third-order valence-corrected chi connectivity index (χ3v) is 7.11. The minimum atomic E-state index is -5.40. The third kappa shape index (κ3) is 4.70. The maximum Gasteiger partial charge on any atom is 0.422 e. The Bertz CT molecular complexity index is 1480. The highest BCUT2D eigenvalue weighted by Crippen LogP contribution is 2.52. The number of fused-ring (bicyclic) bond motifs is 1. The Morgan fingerprint density at radius 3 is 2.44 bits per heavy atom. The SMILES string of the molecule is COC(=O)c1c(F)cccc1-c1ccc(C(C)C(O)(c2cc3c(cc2F)OCC(=O)N3C)C(F)(F)F)c(Cl)c1. The van der Waals surface area contributed by atoms with Crippen molar-refractivity contribution in [2.75, 3.05) is 25.7 Å².